The van der Waals surface area contributed by atoms with Crippen molar-refractivity contribution in [3.8, 4) is 6.07 Å². The van der Waals surface area contributed by atoms with Crippen LogP contribution in [0.4, 0.5) is 0 Å². The van der Waals surface area contributed by atoms with E-state index < -0.39 is 0 Å². The van der Waals surface area contributed by atoms with E-state index in [1.54, 1.807) is 0 Å². The Bertz CT molecular complexity index is 280. The fourth-order valence-electron chi connectivity index (χ4n) is 0.980. The number of aromatic nitrogens is 2. The molecule has 0 radical (unpaired) electrons. The lowest BCUT2D eigenvalue weighted by molar-refractivity contribution is 0.737. The lowest BCUT2D eigenvalue weighted by Crippen LogP contribution is -1.93. The van der Waals surface area contributed by atoms with Crippen molar-refractivity contribution < 1.29 is 0 Å². The van der Waals surface area contributed by atoms with E-state index in [0.29, 0.717) is 6.42 Å². The first-order valence-corrected chi connectivity index (χ1v) is 3.60. The summed E-state index contributed by atoms with van der Waals surface area (Å²) in [5, 5.41) is 12.4. The Morgan fingerprint density at radius 1 is 1.73 bits per heavy atom. The van der Waals surface area contributed by atoms with E-state index >= 15 is 0 Å². The van der Waals surface area contributed by atoms with Gasteiger partial charge in [0.05, 0.1) is 12.3 Å². The van der Waals surface area contributed by atoms with E-state index in [-0.39, 0.29) is 0 Å². The van der Waals surface area contributed by atoms with Gasteiger partial charge in [-0.3, -0.25) is 4.68 Å². The molecule has 3 heteroatoms. The molecule has 0 aromatic carbocycles. The SMILES string of the molecule is Cc1c(CCC#N)cnn1C. The predicted molar refractivity (Wildman–Crippen MR) is 41.9 cm³/mol. The number of nitrogens with zero attached hydrogens (tertiary/aromatic N) is 3. The second kappa shape index (κ2) is 3.20. The summed E-state index contributed by atoms with van der Waals surface area (Å²) in [6.45, 7) is 2.01. The molecule has 0 aliphatic carbocycles. The van der Waals surface area contributed by atoms with Crippen LogP contribution in [0.25, 0.3) is 0 Å². The number of hydrogen-bond acceptors (Lipinski definition) is 2. The Balaban J connectivity index is 2.72. The monoisotopic (exact) mass is 149 g/mol. The Labute approximate surface area is 66.3 Å². The first-order valence-electron chi connectivity index (χ1n) is 3.60. The number of hydrogen-bond donors (Lipinski definition) is 0. The van der Waals surface area contributed by atoms with Gasteiger partial charge in [0.1, 0.15) is 0 Å². The maximum atomic E-state index is 8.35. The quantitative estimate of drug-likeness (QED) is 0.633. The largest absolute Gasteiger partial charge is 0.273 e. The van der Waals surface area contributed by atoms with Crippen molar-refractivity contribution in [2.45, 2.75) is 19.8 Å². The molecule has 58 valence electrons. The molecule has 0 N–H and O–H groups in total. The molecule has 3 nitrogen and oxygen atoms in total. The topological polar surface area (TPSA) is 41.6 Å². The van der Waals surface area contributed by atoms with Crippen molar-refractivity contribution in [3.05, 3.63) is 17.5 Å². The fraction of sp³-hybridized carbons (Fsp3) is 0.500. The van der Waals surface area contributed by atoms with Crippen LogP contribution in [-0.4, -0.2) is 9.78 Å². The number of rotatable bonds is 2. The van der Waals surface area contributed by atoms with Gasteiger partial charge in [0, 0.05) is 19.2 Å². The lowest BCUT2D eigenvalue weighted by Gasteiger charge is -1.95. The summed E-state index contributed by atoms with van der Waals surface area (Å²) >= 11 is 0. The molecule has 0 saturated heterocycles. The van der Waals surface area contributed by atoms with Gasteiger partial charge in [0.15, 0.2) is 0 Å². The Hall–Kier alpha value is -1.30. The summed E-state index contributed by atoms with van der Waals surface area (Å²) < 4.78 is 1.83. The minimum Gasteiger partial charge on any atom is -0.273 e. The Morgan fingerprint density at radius 2 is 2.45 bits per heavy atom. The molecular weight excluding hydrogens is 138 g/mol. The molecule has 1 aromatic rings. The molecule has 0 aliphatic heterocycles. The van der Waals surface area contributed by atoms with Crippen molar-refractivity contribution >= 4 is 0 Å². The second-order valence-electron chi connectivity index (χ2n) is 2.54. The molecular formula is C8H11N3. The summed E-state index contributed by atoms with van der Waals surface area (Å²) in [6, 6.07) is 2.12. The summed E-state index contributed by atoms with van der Waals surface area (Å²) in [7, 11) is 1.91. The van der Waals surface area contributed by atoms with Gasteiger partial charge in [-0.2, -0.15) is 10.4 Å². The summed E-state index contributed by atoms with van der Waals surface area (Å²) in [6.07, 6.45) is 3.22. The molecule has 0 unspecified atom stereocenters. The molecule has 1 heterocycles. The Morgan fingerprint density at radius 3 is 2.91 bits per heavy atom. The average molecular weight is 149 g/mol. The van der Waals surface area contributed by atoms with Crippen LogP contribution in [0, 0.1) is 18.3 Å². The smallest absolute Gasteiger partial charge is 0.0625 e. The summed E-state index contributed by atoms with van der Waals surface area (Å²) in [5.74, 6) is 0. The van der Waals surface area contributed by atoms with Crippen LogP contribution in [0.3, 0.4) is 0 Å². The van der Waals surface area contributed by atoms with Crippen LogP contribution >= 0.6 is 0 Å². The van der Waals surface area contributed by atoms with Crippen LogP contribution in [0.2, 0.25) is 0 Å². The zero-order chi connectivity index (χ0) is 8.27. The minimum atomic E-state index is 0.576. The zero-order valence-corrected chi connectivity index (χ0v) is 6.83. The zero-order valence-electron chi connectivity index (χ0n) is 6.83. The first-order chi connectivity index (χ1) is 5.25. The van der Waals surface area contributed by atoms with Gasteiger partial charge in [-0.1, -0.05) is 0 Å². The van der Waals surface area contributed by atoms with E-state index in [4.69, 9.17) is 5.26 Å². The highest BCUT2D eigenvalue weighted by atomic mass is 15.3. The molecule has 0 atom stereocenters. The molecule has 0 aliphatic rings. The van der Waals surface area contributed by atoms with Crippen LogP contribution in [0.15, 0.2) is 6.20 Å². The highest BCUT2D eigenvalue weighted by Gasteiger charge is 2.01. The van der Waals surface area contributed by atoms with Gasteiger partial charge in [0.2, 0.25) is 0 Å². The third-order valence-electron chi connectivity index (χ3n) is 1.84. The summed E-state index contributed by atoms with van der Waals surface area (Å²) in [4.78, 5) is 0. The minimum absolute atomic E-state index is 0.576. The van der Waals surface area contributed by atoms with E-state index in [2.05, 4.69) is 11.2 Å². The Kier molecular flexibility index (Phi) is 2.27. The lowest BCUT2D eigenvalue weighted by atomic mass is 10.1. The second-order valence-corrected chi connectivity index (χ2v) is 2.54. The average Bonchev–Trinajstić information content (AvgIpc) is 2.31. The van der Waals surface area contributed by atoms with E-state index in [1.165, 1.54) is 5.56 Å². The molecule has 0 bridgehead atoms. The van der Waals surface area contributed by atoms with Gasteiger partial charge in [-0.05, 0) is 18.9 Å². The molecule has 11 heavy (non-hydrogen) atoms. The van der Waals surface area contributed by atoms with Gasteiger partial charge in [-0.25, -0.2) is 0 Å². The maximum absolute atomic E-state index is 8.35. The maximum Gasteiger partial charge on any atom is 0.0625 e. The van der Waals surface area contributed by atoms with Crippen molar-refractivity contribution in [1.82, 2.24) is 9.78 Å². The number of aryl methyl sites for hydroxylation is 2. The third-order valence-corrected chi connectivity index (χ3v) is 1.84. The first kappa shape index (κ1) is 7.80. The summed E-state index contributed by atoms with van der Waals surface area (Å²) in [5.41, 5.74) is 2.33. The van der Waals surface area contributed by atoms with Crippen LogP contribution in [0.1, 0.15) is 17.7 Å². The van der Waals surface area contributed by atoms with Crippen molar-refractivity contribution in [2.24, 2.45) is 7.05 Å². The van der Waals surface area contributed by atoms with Crippen LogP contribution < -0.4 is 0 Å². The number of nitriles is 1. The van der Waals surface area contributed by atoms with Crippen molar-refractivity contribution in [1.29, 1.82) is 5.26 Å². The molecule has 0 spiro atoms. The molecule has 1 aromatic heterocycles. The molecule has 0 saturated carbocycles. The highest BCUT2D eigenvalue weighted by molar-refractivity contribution is 5.16. The fourth-order valence-corrected chi connectivity index (χ4v) is 0.980. The van der Waals surface area contributed by atoms with Crippen LogP contribution in [-0.2, 0) is 13.5 Å². The third kappa shape index (κ3) is 1.58. The van der Waals surface area contributed by atoms with E-state index in [9.17, 15) is 0 Å². The van der Waals surface area contributed by atoms with Gasteiger partial charge >= 0.3 is 0 Å². The molecule has 0 fully saturated rings. The van der Waals surface area contributed by atoms with Crippen molar-refractivity contribution in [2.75, 3.05) is 0 Å². The van der Waals surface area contributed by atoms with Crippen LogP contribution in [0.5, 0.6) is 0 Å². The predicted octanol–water partition coefficient (Wildman–Crippen LogP) is 1.18. The van der Waals surface area contributed by atoms with Gasteiger partial charge in [0.25, 0.3) is 0 Å². The molecule has 0 amide bonds. The molecule has 1 rings (SSSR count). The van der Waals surface area contributed by atoms with E-state index in [0.717, 1.165) is 12.1 Å². The highest BCUT2D eigenvalue weighted by Crippen LogP contribution is 2.07. The standard InChI is InChI=1S/C8H11N3/c1-7-8(4-3-5-9)6-10-11(7)2/h6H,3-4H2,1-2H3. The van der Waals surface area contributed by atoms with Gasteiger partial charge < -0.3 is 0 Å². The van der Waals surface area contributed by atoms with E-state index in [1.807, 2.05) is 24.9 Å². The normalized spacial score (nSPS) is 9.55. The van der Waals surface area contributed by atoms with Crippen molar-refractivity contribution in [3.63, 3.8) is 0 Å². The van der Waals surface area contributed by atoms with Gasteiger partial charge in [-0.15, -0.1) is 0 Å².